The van der Waals surface area contributed by atoms with E-state index in [2.05, 4.69) is 16.0 Å². The van der Waals surface area contributed by atoms with Crippen LogP contribution in [0.1, 0.15) is 37.3 Å². The average Bonchev–Trinajstić information content (AvgIpc) is 2.93. The van der Waals surface area contributed by atoms with Crippen molar-refractivity contribution in [2.24, 2.45) is 0 Å². The number of nitrogens with one attached hydrogen (secondary N) is 3. The molecule has 4 N–H and O–H groups in total. The van der Waals surface area contributed by atoms with Crippen LogP contribution in [-0.2, 0) is 25.5 Å². The molecule has 1 atom stereocenters. The van der Waals surface area contributed by atoms with E-state index in [1.54, 1.807) is 21.0 Å². The van der Waals surface area contributed by atoms with Gasteiger partial charge in [-0.15, -0.1) is 0 Å². The maximum atomic E-state index is 12.8. The lowest BCUT2D eigenvalue weighted by Gasteiger charge is -2.30. The topological polar surface area (TPSA) is 118 Å². The number of dihydropyridines is 1. The van der Waals surface area contributed by atoms with Crippen LogP contribution in [0.5, 0.6) is 5.75 Å². The highest BCUT2D eigenvalue weighted by Gasteiger charge is 2.37. The summed E-state index contributed by atoms with van der Waals surface area (Å²) >= 11 is 6.15. The summed E-state index contributed by atoms with van der Waals surface area (Å²) in [5.41, 5.74) is 4.24. The second-order valence-electron chi connectivity index (χ2n) is 9.11. The number of aliphatic hydroxyl groups is 1. The fourth-order valence-corrected chi connectivity index (χ4v) is 4.87. The normalized spacial score (nSPS) is 14.5. The molecule has 9 nitrogen and oxygen atoms in total. The van der Waals surface area contributed by atoms with Gasteiger partial charge in [0.1, 0.15) is 12.0 Å². The number of hydrogen-bond acceptors (Lipinski definition) is 9. The molecule has 1 aliphatic heterocycles. The zero-order valence-corrected chi connectivity index (χ0v) is 23.6. The molecule has 210 valence electrons. The first-order valence-electron chi connectivity index (χ1n) is 12.6. The maximum Gasteiger partial charge on any atom is 0.336 e. The summed E-state index contributed by atoms with van der Waals surface area (Å²) in [5, 5.41) is 20.5. The van der Waals surface area contributed by atoms with E-state index >= 15 is 0 Å². The Bertz CT molecular complexity index is 1220. The van der Waals surface area contributed by atoms with Crippen LogP contribution in [0.3, 0.4) is 0 Å². The molecule has 1 heterocycles. The molecule has 2 aromatic rings. The molecular weight excluding hydrogens is 522 g/mol. The molecule has 0 spiro atoms. The van der Waals surface area contributed by atoms with Crippen LogP contribution in [0, 0.1) is 0 Å². The van der Waals surface area contributed by atoms with Crippen LogP contribution in [0.25, 0.3) is 0 Å². The Labute approximate surface area is 234 Å². The van der Waals surface area contributed by atoms with E-state index in [0.717, 1.165) is 11.3 Å². The van der Waals surface area contributed by atoms with Gasteiger partial charge in [0.05, 0.1) is 49.1 Å². The second kappa shape index (κ2) is 14.0. The molecular formula is C29H36ClN3O6. The lowest BCUT2D eigenvalue weighted by molar-refractivity contribution is -0.137. The Morgan fingerprint density at radius 1 is 1.00 bits per heavy atom. The zero-order valence-electron chi connectivity index (χ0n) is 22.9. The summed E-state index contributed by atoms with van der Waals surface area (Å²) in [4.78, 5) is 25.5. The number of carbonyl (C=O) groups excluding carboxylic acids is 2. The number of methoxy groups -OCH3 is 3. The predicted molar refractivity (Wildman–Crippen MR) is 151 cm³/mol. The minimum absolute atomic E-state index is 0.323. The number of ether oxygens (including phenoxy) is 3. The number of anilines is 1. The highest BCUT2D eigenvalue weighted by atomic mass is 35.5. The number of rotatable bonds is 12. The Kier molecular flexibility index (Phi) is 10.8. The van der Waals surface area contributed by atoms with Crippen LogP contribution in [-0.4, -0.2) is 57.7 Å². The average molecular weight is 558 g/mol. The van der Waals surface area contributed by atoms with Crippen LogP contribution < -0.4 is 20.7 Å². The van der Waals surface area contributed by atoms with E-state index in [1.807, 2.05) is 42.5 Å². The Morgan fingerprint density at radius 2 is 1.64 bits per heavy atom. The fourth-order valence-electron chi connectivity index (χ4n) is 4.67. The highest BCUT2D eigenvalue weighted by Crippen LogP contribution is 2.40. The molecule has 2 aromatic carbocycles. The van der Waals surface area contributed by atoms with Gasteiger partial charge in [0.25, 0.3) is 0 Å². The summed E-state index contributed by atoms with van der Waals surface area (Å²) in [6.07, 6.45) is 0.271. The van der Waals surface area contributed by atoms with Gasteiger partial charge in [0.15, 0.2) is 0 Å². The van der Waals surface area contributed by atoms with Crippen molar-refractivity contribution in [3.05, 3.63) is 81.2 Å². The molecule has 39 heavy (non-hydrogen) atoms. The number of para-hydroxylation sites is 1. The van der Waals surface area contributed by atoms with Gasteiger partial charge >= 0.3 is 11.9 Å². The number of aliphatic hydroxyl groups excluding tert-OH is 1. The summed E-state index contributed by atoms with van der Waals surface area (Å²) in [6, 6.07) is 13.0. The molecule has 3 rings (SSSR count). The number of aryl methyl sites for hydroxylation is 1. The van der Waals surface area contributed by atoms with Gasteiger partial charge in [-0.05, 0) is 56.0 Å². The van der Waals surface area contributed by atoms with Crippen molar-refractivity contribution < 1.29 is 28.9 Å². The van der Waals surface area contributed by atoms with Crippen molar-refractivity contribution in [3.63, 3.8) is 0 Å². The van der Waals surface area contributed by atoms with E-state index < -0.39 is 24.1 Å². The van der Waals surface area contributed by atoms with Gasteiger partial charge in [-0.2, -0.15) is 0 Å². The van der Waals surface area contributed by atoms with Crippen molar-refractivity contribution in [3.8, 4) is 5.75 Å². The number of esters is 2. The number of benzene rings is 2. The van der Waals surface area contributed by atoms with E-state index in [1.165, 1.54) is 14.2 Å². The second-order valence-corrected chi connectivity index (χ2v) is 9.51. The lowest BCUT2D eigenvalue weighted by Crippen LogP contribution is -2.33. The number of halogens is 1. The summed E-state index contributed by atoms with van der Waals surface area (Å²) in [5.74, 6) is -1.20. The van der Waals surface area contributed by atoms with Crippen LogP contribution >= 0.6 is 11.6 Å². The Hall–Kier alpha value is -3.53. The smallest absolute Gasteiger partial charge is 0.336 e. The van der Waals surface area contributed by atoms with E-state index in [0.29, 0.717) is 64.8 Å². The van der Waals surface area contributed by atoms with Crippen molar-refractivity contribution in [2.45, 2.75) is 38.8 Å². The molecule has 0 radical (unpaired) electrons. The molecule has 0 fully saturated rings. The van der Waals surface area contributed by atoms with Crippen molar-refractivity contribution >= 4 is 29.2 Å². The summed E-state index contributed by atoms with van der Waals surface area (Å²) in [7, 11) is 4.17. The minimum Gasteiger partial charge on any atom is -0.496 e. The van der Waals surface area contributed by atoms with E-state index in [4.69, 9.17) is 25.8 Å². The van der Waals surface area contributed by atoms with Crippen LogP contribution in [0.4, 0.5) is 5.69 Å². The molecule has 1 aliphatic rings. The van der Waals surface area contributed by atoms with Gasteiger partial charge in [0, 0.05) is 24.5 Å². The molecule has 0 aromatic heterocycles. The third-order valence-corrected chi connectivity index (χ3v) is 6.93. The van der Waals surface area contributed by atoms with Gasteiger partial charge in [-0.1, -0.05) is 35.9 Å². The Morgan fingerprint density at radius 3 is 2.23 bits per heavy atom. The molecule has 0 saturated carbocycles. The van der Waals surface area contributed by atoms with Gasteiger partial charge in [0.2, 0.25) is 0 Å². The molecule has 0 aliphatic carbocycles. The largest absolute Gasteiger partial charge is 0.496 e. The number of allylic oxidation sites excluding steroid dienone is 2. The molecule has 0 saturated heterocycles. The monoisotopic (exact) mass is 557 g/mol. The SMILES string of the molecule is COC(=O)C1=C(C)NC(C)=C(C(=O)OC)C1c1ccc(CCC(O)NCCNc2ccccc2Cl)c(OC)c1. The first-order valence-corrected chi connectivity index (χ1v) is 13.0. The maximum absolute atomic E-state index is 12.8. The van der Waals surface area contributed by atoms with Gasteiger partial charge in [-0.3, -0.25) is 5.32 Å². The Balaban J connectivity index is 1.72. The van der Waals surface area contributed by atoms with E-state index in [-0.39, 0.29) is 0 Å². The number of hydrogen-bond donors (Lipinski definition) is 4. The predicted octanol–water partition coefficient (Wildman–Crippen LogP) is 3.88. The quantitative estimate of drug-likeness (QED) is 0.175. The van der Waals surface area contributed by atoms with Crippen LogP contribution in [0.15, 0.2) is 65.0 Å². The summed E-state index contributed by atoms with van der Waals surface area (Å²) < 4.78 is 15.7. The summed E-state index contributed by atoms with van der Waals surface area (Å²) in [6.45, 7) is 4.67. The standard InChI is InChI=1S/C29H36ClN3O6/c1-17-25(28(35)38-4)27(26(18(2)33-17)29(36)39-5)20-11-10-19(23(16-20)37-3)12-13-24(34)32-15-14-31-22-9-7-6-8-21(22)30/h6-11,16,24,27,31-34H,12-15H2,1-5H3. The van der Waals surface area contributed by atoms with Crippen molar-refractivity contribution in [2.75, 3.05) is 39.7 Å². The molecule has 0 amide bonds. The third-order valence-electron chi connectivity index (χ3n) is 6.60. The molecule has 10 heteroatoms. The fraction of sp³-hybridized carbons (Fsp3) is 0.379. The first kappa shape index (κ1) is 30.0. The van der Waals surface area contributed by atoms with Crippen molar-refractivity contribution in [1.29, 1.82) is 0 Å². The van der Waals surface area contributed by atoms with Crippen LogP contribution in [0.2, 0.25) is 5.02 Å². The number of carbonyl (C=O) groups is 2. The van der Waals surface area contributed by atoms with Crippen molar-refractivity contribution in [1.82, 2.24) is 10.6 Å². The first-order chi connectivity index (χ1) is 18.7. The minimum atomic E-state index is -0.722. The van der Waals surface area contributed by atoms with Gasteiger partial charge in [-0.25, -0.2) is 9.59 Å². The third kappa shape index (κ3) is 7.32. The lowest BCUT2D eigenvalue weighted by atomic mass is 9.80. The zero-order chi connectivity index (χ0) is 28.5. The molecule has 0 bridgehead atoms. The van der Waals surface area contributed by atoms with Gasteiger partial charge < -0.3 is 30.0 Å². The van der Waals surface area contributed by atoms with E-state index in [9.17, 15) is 14.7 Å². The highest BCUT2D eigenvalue weighted by molar-refractivity contribution is 6.33. The molecule has 1 unspecified atom stereocenters.